The van der Waals surface area contributed by atoms with Gasteiger partial charge in [0.25, 0.3) is 0 Å². The van der Waals surface area contributed by atoms with Gasteiger partial charge in [-0.3, -0.25) is 20.4 Å². The summed E-state index contributed by atoms with van der Waals surface area (Å²) in [5, 5.41) is 38.7. The molecule has 13 unspecified atom stereocenters. The second kappa shape index (κ2) is 14.8. The van der Waals surface area contributed by atoms with E-state index in [1.54, 1.807) is 0 Å². The van der Waals surface area contributed by atoms with Gasteiger partial charge in [0, 0.05) is 78.5 Å². The Morgan fingerprint density at radius 3 is 1.92 bits per heavy atom. The van der Waals surface area contributed by atoms with Crippen molar-refractivity contribution in [3.05, 3.63) is 0 Å². The Labute approximate surface area is 294 Å². The largest absolute Gasteiger partial charge is 0.393 e. The van der Waals surface area contributed by atoms with Crippen molar-refractivity contribution in [2.45, 2.75) is 199 Å². The van der Waals surface area contributed by atoms with Crippen LogP contribution >= 0.6 is 11.8 Å². The molecule has 0 aromatic rings. The van der Waals surface area contributed by atoms with Crippen LogP contribution in [0.15, 0.2) is 0 Å². The van der Waals surface area contributed by atoms with Crippen LogP contribution in [0.4, 0.5) is 0 Å². The summed E-state index contributed by atoms with van der Waals surface area (Å²) in [6.07, 6.45) is 23.0. The van der Waals surface area contributed by atoms with Crippen LogP contribution in [0.2, 0.25) is 0 Å². The van der Waals surface area contributed by atoms with Gasteiger partial charge in [0.05, 0.1) is 17.6 Å². The van der Waals surface area contributed by atoms with Gasteiger partial charge in [-0.2, -0.15) is 5.12 Å². The second-order valence-corrected chi connectivity index (χ2v) is 18.9. The molecule has 272 valence electrons. The standard InChI is InChI=1S/C37H66N8O2S/c46-33-20-25(14-16-27(33)32-22-43-19-5-18-38-37(43)40-32)44(23-10-12-24(13-11-23)45-41-29-6-1-2-7-30(29)42-45)26-15-17-28(34(47)21-26)36-39-31-8-3-4-9-35(31)48-36/h23-42,46-47H,1-22H2. The lowest BCUT2D eigenvalue weighted by molar-refractivity contribution is -0.0633. The zero-order valence-corrected chi connectivity index (χ0v) is 30.2. The van der Waals surface area contributed by atoms with Crippen LogP contribution < -0.4 is 26.8 Å². The van der Waals surface area contributed by atoms with Gasteiger partial charge in [-0.05, 0) is 103 Å². The Kier molecular flexibility index (Phi) is 10.4. The second-order valence-electron chi connectivity index (χ2n) is 17.6. The number of aliphatic hydroxyl groups excluding tert-OH is 2. The van der Waals surface area contributed by atoms with Crippen molar-refractivity contribution in [3.8, 4) is 0 Å². The van der Waals surface area contributed by atoms with Crippen LogP contribution in [0.1, 0.15) is 122 Å². The van der Waals surface area contributed by atoms with E-state index in [0.29, 0.717) is 65.5 Å². The van der Waals surface area contributed by atoms with Gasteiger partial charge >= 0.3 is 0 Å². The lowest BCUT2D eigenvalue weighted by atomic mass is 9.75. The topological polar surface area (TPSA) is 110 Å². The molecule has 11 heteroatoms. The van der Waals surface area contributed by atoms with Crippen LogP contribution in [0.3, 0.4) is 0 Å². The molecule has 7 N–H and O–H groups in total. The molecule has 9 aliphatic rings. The fraction of sp³-hybridized carbons (Fsp3) is 1.00. The van der Waals surface area contributed by atoms with Crippen molar-refractivity contribution in [1.82, 2.24) is 41.7 Å². The normalized spacial score (nSPS) is 50.7. The number of thioether (sulfide) groups is 1. The molecule has 0 aromatic heterocycles. The van der Waals surface area contributed by atoms with Gasteiger partial charge in [0.15, 0.2) is 0 Å². The minimum Gasteiger partial charge on any atom is -0.393 e. The van der Waals surface area contributed by atoms with E-state index in [0.717, 1.165) is 50.6 Å². The first-order valence-electron chi connectivity index (χ1n) is 20.7. The van der Waals surface area contributed by atoms with Gasteiger partial charge in [-0.1, -0.05) is 25.7 Å². The molecule has 5 saturated carbocycles. The van der Waals surface area contributed by atoms with Crippen molar-refractivity contribution in [3.63, 3.8) is 0 Å². The summed E-state index contributed by atoms with van der Waals surface area (Å²) in [5.41, 5.74) is 7.73. The molecule has 13 atom stereocenters. The van der Waals surface area contributed by atoms with Crippen molar-refractivity contribution < 1.29 is 10.2 Å². The number of nitrogens with zero attached hydrogens (tertiary/aromatic N) is 3. The highest BCUT2D eigenvalue weighted by molar-refractivity contribution is 8.00. The maximum atomic E-state index is 11.8. The van der Waals surface area contributed by atoms with Crippen LogP contribution in [0, 0.1) is 11.8 Å². The van der Waals surface area contributed by atoms with Crippen molar-refractivity contribution in [2.24, 2.45) is 11.8 Å². The summed E-state index contributed by atoms with van der Waals surface area (Å²) >= 11 is 2.16. The van der Waals surface area contributed by atoms with Gasteiger partial charge in [-0.15, -0.1) is 11.8 Å². The van der Waals surface area contributed by atoms with E-state index in [2.05, 4.69) is 53.5 Å². The minimum absolute atomic E-state index is 0.233. The fourth-order valence-electron chi connectivity index (χ4n) is 12.2. The van der Waals surface area contributed by atoms with E-state index in [-0.39, 0.29) is 18.5 Å². The van der Waals surface area contributed by atoms with E-state index in [1.807, 2.05) is 0 Å². The Morgan fingerprint density at radius 2 is 1.25 bits per heavy atom. The monoisotopic (exact) mass is 687 g/mol. The molecule has 0 aromatic carbocycles. The van der Waals surface area contributed by atoms with Crippen LogP contribution in [-0.2, 0) is 0 Å². The SMILES string of the molecule is OC1CC(N(C2CCC(N3NC4CCCCC4N3)CC2)C2CCC(C3NC4CCCCC4S3)C(O)C2)CCC1C1CN2CCCNC2N1. The van der Waals surface area contributed by atoms with Gasteiger partial charge in [-0.25, -0.2) is 10.9 Å². The molecule has 4 aliphatic heterocycles. The van der Waals surface area contributed by atoms with E-state index >= 15 is 0 Å². The molecule has 0 bridgehead atoms. The third-order valence-corrected chi connectivity index (χ3v) is 16.5. The van der Waals surface area contributed by atoms with Crippen molar-refractivity contribution in [1.29, 1.82) is 0 Å². The smallest absolute Gasteiger partial charge is 0.114 e. The van der Waals surface area contributed by atoms with E-state index in [9.17, 15) is 10.2 Å². The summed E-state index contributed by atoms with van der Waals surface area (Å²) in [6, 6.07) is 4.23. The third-order valence-electron chi connectivity index (χ3n) is 14.8. The number of fused-ring (bicyclic) bond motifs is 3. The van der Waals surface area contributed by atoms with Gasteiger partial charge < -0.3 is 15.5 Å². The molecule has 9 fully saturated rings. The Morgan fingerprint density at radius 1 is 0.604 bits per heavy atom. The molecule has 48 heavy (non-hydrogen) atoms. The number of hydrogen-bond acceptors (Lipinski definition) is 11. The maximum Gasteiger partial charge on any atom is 0.114 e. The number of hydrazine groups is 2. The molecule has 0 spiro atoms. The summed E-state index contributed by atoms with van der Waals surface area (Å²) < 4.78 is 0. The Balaban J connectivity index is 0.866. The lowest BCUT2D eigenvalue weighted by Gasteiger charge is -2.52. The molecular formula is C37H66N8O2S. The zero-order valence-electron chi connectivity index (χ0n) is 29.4. The third kappa shape index (κ3) is 6.79. The Hall–Kier alpha value is -0.0500. The lowest BCUT2D eigenvalue weighted by Crippen LogP contribution is -2.59. The Bertz CT molecular complexity index is 986. The highest BCUT2D eigenvalue weighted by Gasteiger charge is 2.49. The van der Waals surface area contributed by atoms with Crippen LogP contribution in [-0.4, -0.2) is 122 Å². The number of aliphatic hydroxyl groups is 2. The fourth-order valence-corrected chi connectivity index (χ4v) is 14.1. The minimum atomic E-state index is -0.258. The van der Waals surface area contributed by atoms with E-state index in [4.69, 9.17) is 0 Å². The molecular weight excluding hydrogens is 621 g/mol. The number of hydrogen-bond donors (Lipinski definition) is 7. The molecule has 4 saturated heterocycles. The van der Waals surface area contributed by atoms with E-state index in [1.165, 1.54) is 96.3 Å². The quantitative estimate of drug-likeness (QED) is 0.224. The predicted molar refractivity (Wildman–Crippen MR) is 192 cm³/mol. The van der Waals surface area contributed by atoms with Gasteiger partial charge in [0.1, 0.15) is 6.29 Å². The molecule has 4 heterocycles. The average molecular weight is 687 g/mol. The zero-order chi connectivity index (χ0) is 32.2. The summed E-state index contributed by atoms with van der Waals surface area (Å²) in [7, 11) is 0. The summed E-state index contributed by atoms with van der Waals surface area (Å²) in [6.45, 7) is 3.31. The number of rotatable bonds is 6. The first kappa shape index (κ1) is 33.8. The van der Waals surface area contributed by atoms with Gasteiger partial charge in [0.2, 0.25) is 0 Å². The van der Waals surface area contributed by atoms with Crippen molar-refractivity contribution >= 4 is 11.8 Å². The highest BCUT2D eigenvalue weighted by Crippen LogP contribution is 2.45. The highest BCUT2D eigenvalue weighted by atomic mass is 32.2. The van der Waals surface area contributed by atoms with Crippen LogP contribution in [0.25, 0.3) is 0 Å². The average Bonchev–Trinajstić information content (AvgIpc) is 3.85. The van der Waals surface area contributed by atoms with Crippen LogP contribution in [0.5, 0.6) is 0 Å². The molecule has 10 nitrogen and oxygen atoms in total. The molecule has 9 rings (SSSR count). The summed E-state index contributed by atoms with van der Waals surface area (Å²) in [5.74, 6) is 0.699. The van der Waals surface area contributed by atoms with E-state index < -0.39 is 0 Å². The first-order chi connectivity index (χ1) is 23.6. The summed E-state index contributed by atoms with van der Waals surface area (Å²) in [4.78, 5) is 5.46. The molecule has 0 amide bonds. The molecule has 5 aliphatic carbocycles. The van der Waals surface area contributed by atoms with Crippen molar-refractivity contribution in [2.75, 3.05) is 19.6 Å². The maximum absolute atomic E-state index is 11.8. The first-order valence-corrected chi connectivity index (χ1v) is 21.6. The number of nitrogens with one attached hydrogen (secondary N) is 5. The molecule has 0 radical (unpaired) electrons. The predicted octanol–water partition coefficient (Wildman–Crippen LogP) is 2.82.